The minimum absolute atomic E-state index is 0.297. The first-order valence-electron chi connectivity index (χ1n) is 7.73. The van der Waals surface area contributed by atoms with E-state index in [2.05, 4.69) is 20.0 Å². The summed E-state index contributed by atoms with van der Waals surface area (Å²) in [5, 5.41) is 6.66. The summed E-state index contributed by atoms with van der Waals surface area (Å²) in [6, 6.07) is 11.9. The van der Waals surface area contributed by atoms with Crippen LogP contribution in [-0.2, 0) is 0 Å². The Hall–Kier alpha value is -2.76. The summed E-state index contributed by atoms with van der Waals surface area (Å²) in [5.41, 5.74) is 1.02. The molecule has 1 fully saturated rings. The number of ether oxygens (including phenoxy) is 2. The average molecular weight is 310 g/mol. The molecule has 3 heterocycles. The Morgan fingerprint density at radius 3 is 2.70 bits per heavy atom. The molecule has 0 aliphatic carbocycles. The van der Waals surface area contributed by atoms with Gasteiger partial charge in [-0.15, -0.1) is 0 Å². The topological polar surface area (TPSA) is 50.2 Å². The minimum atomic E-state index is 0.297. The summed E-state index contributed by atoms with van der Waals surface area (Å²) in [5.74, 6) is 2.62. The van der Waals surface area contributed by atoms with Crippen LogP contribution in [0.4, 0.5) is 5.82 Å². The van der Waals surface area contributed by atoms with Crippen molar-refractivity contribution in [2.24, 2.45) is 5.10 Å². The van der Waals surface area contributed by atoms with Gasteiger partial charge in [0.05, 0.1) is 19.3 Å². The maximum absolute atomic E-state index is 5.38. The van der Waals surface area contributed by atoms with E-state index in [0.717, 1.165) is 49.1 Å². The van der Waals surface area contributed by atoms with Crippen LogP contribution in [0.15, 0.2) is 47.7 Å². The highest BCUT2D eigenvalue weighted by Crippen LogP contribution is 2.32. The van der Waals surface area contributed by atoms with Gasteiger partial charge in [0.1, 0.15) is 5.82 Å². The molecule has 6 nitrogen and oxygen atoms in total. The zero-order valence-electron chi connectivity index (χ0n) is 12.8. The van der Waals surface area contributed by atoms with E-state index in [9.17, 15) is 0 Å². The lowest BCUT2D eigenvalue weighted by molar-refractivity contribution is 0.174. The summed E-state index contributed by atoms with van der Waals surface area (Å²) in [4.78, 5) is 6.68. The van der Waals surface area contributed by atoms with Crippen molar-refractivity contribution in [2.75, 3.05) is 37.9 Å². The third kappa shape index (κ3) is 3.06. The van der Waals surface area contributed by atoms with E-state index in [4.69, 9.17) is 9.47 Å². The van der Waals surface area contributed by atoms with Gasteiger partial charge in [-0.3, -0.25) is 5.01 Å². The van der Waals surface area contributed by atoms with Gasteiger partial charge in [-0.1, -0.05) is 6.07 Å². The monoisotopic (exact) mass is 310 g/mol. The lowest BCUT2D eigenvalue weighted by atomic mass is 10.2. The highest BCUT2D eigenvalue weighted by Gasteiger charge is 2.16. The summed E-state index contributed by atoms with van der Waals surface area (Å²) in [6.45, 7) is 3.92. The maximum Gasteiger partial charge on any atom is 0.231 e. The number of fused-ring (bicyclic) bond motifs is 1. The van der Waals surface area contributed by atoms with Gasteiger partial charge in [-0.2, -0.15) is 5.10 Å². The highest BCUT2D eigenvalue weighted by molar-refractivity contribution is 5.80. The Morgan fingerprint density at radius 2 is 1.87 bits per heavy atom. The summed E-state index contributed by atoms with van der Waals surface area (Å²) < 4.78 is 10.7. The third-order valence-corrected chi connectivity index (χ3v) is 4.00. The van der Waals surface area contributed by atoms with Crippen molar-refractivity contribution < 1.29 is 9.47 Å². The largest absolute Gasteiger partial charge is 0.454 e. The third-order valence-electron chi connectivity index (χ3n) is 4.00. The highest BCUT2D eigenvalue weighted by atomic mass is 16.7. The van der Waals surface area contributed by atoms with Gasteiger partial charge >= 0.3 is 0 Å². The Balaban J connectivity index is 1.36. The maximum atomic E-state index is 5.38. The van der Waals surface area contributed by atoms with Gasteiger partial charge in [0, 0.05) is 19.3 Å². The molecular formula is C17H18N4O2. The average Bonchev–Trinajstić information content (AvgIpc) is 3.09. The molecule has 2 aromatic rings. The standard InChI is InChI=1S/C17H18N4O2/c1-2-6-18-17(3-1)20-7-9-21(10-8-20)19-12-14-4-5-15-16(11-14)23-13-22-15/h1-6,11-12H,7-10,13H2/b19-12+. The number of aromatic nitrogens is 1. The second-order valence-corrected chi connectivity index (χ2v) is 5.49. The van der Waals surface area contributed by atoms with Crippen molar-refractivity contribution in [3.05, 3.63) is 48.2 Å². The fourth-order valence-electron chi connectivity index (χ4n) is 2.72. The van der Waals surface area contributed by atoms with Crippen molar-refractivity contribution in [1.82, 2.24) is 9.99 Å². The van der Waals surface area contributed by atoms with Gasteiger partial charge in [0.15, 0.2) is 11.5 Å². The van der Waals surface area contributed by atoms with Gasteiger partial charge in [-0.25, -0.2) is 4.98 Å². The molecule has 4 rings (SSSR count). The van der Waals surface area contributed by atoms with E-state index in [1.807, 2.05) is 48.8 Å². The Labute approximate surface area is 134 Å². The van der Waals surface area contributed by atoms with Crippen molar-refractivity contribution in [1.29, 1.82) is 0 Å². The fourth-order valence-corrected chi connectivity index (χ4v) is 2.72. The lowest BCUT2D eigenvalue weighted by Crippen LogP contribution is -2.44. The Morgan fingerprint density at radius 1 is 1.00 bits per heavy atom. The van der Waals surface area contributed by atoms with Gasteiger partial charge in [0.2, 0.25) is 6.79 Å². The number of rotatable bonds is 3. The molecule has 6 heteroatoms. The molecule has 2 aliphatic heterocycles. The molecule has 0 amide bonds. The van der Waals surface area contributed by atoms with Gasteiger partial charge in [-0.05, 0) is 35.9 Å². The van der Waals surface area contributed by atoms with E-state index in [-0.39, 0.29) is 0 Å². The molecule has 0 atom stereocenters. The van der Waals surface area contributed by atoms with Crippen molar-refractivity contribution in [3.63, 3.8) is 0 Å². The van der Waals surface area contributed by atoms with Crippen LogP contribution in [-0.4, -0.2) is 49.2 Å². The van der Waals surface area contributed by atoms with E-state index >= 15 is 0 Å². The second kappa shape index (κ2) is 6.16. The predicted molar refractivity (Wildman–Crippen MR) is 88.2 cm³/mol. The predicted octanol–water partition coefficient (Wildman–Crippen LogP) is 1.97. The van der Waals surface area contributed by atoms with E-state index < -0.39 is 0 Å². The number of anilines is 1. The molecule has 0 spiro atoms. The molecule has 0 N–H and O–H groups in total. The molecule has 118 valence electrons. The van der Waals surface area contributed by atoms with E-state index in [1.54, 1.807) is 0 Å². The number of hydrogen-bond donors (Lipinski definition) is 0. The van der Waals surface area contributed by atoms with Crippen molar-refractivity contribution >= 4 is 12.0 Å². The smallest absolute Gasteiger partial charge is 0.231 e. The molecule has 0 bridgehead atoms. The van der Waals surface area contributed by atoms with E-state index in [1.165, 1.54) is 0 Å². The number of piperazine rings is 1. The molecule has 0 saturated carbocycles. The van der Waals surface area contributed by atoms with Gasteiger partial charge in [0.25, 0.3) is 0 Å². The number of benzene rings is 1. The molecule has 0 radical (unpaired) electrons. The Kier molecular flexibility index (Phi) is 3.71. The van der Waals surface area contributed by atoms with Crippen LogP contribution in [0, 0.1) is 0 Å². The molecule has 1 saturated heterocycles. The number of pyridine rings is 1. The molecule has 0 unspecified atom stereocenters. The zero-order valence-corrected chi connectivity index (χ0v) is 12.8. The fraction of sp³-hybridized carbons (Fsp3) is 0.294. The lowest BCUT2D eigenvalue weighted by Gasteiger charge is -2.33. The first-order chi connectivity index (χ1) is 11.4. The van der Waals surface area contributed by atoms with Crippen LogP contribution in [0.5, 0.6) is 11.5 Å². The first kappa shape index (κ1) is 13.9. The first-order valence-corrected chi connectivity index (χ1v) is 7.73. The van der Waals surface area contributed by atoms with Crippen LogP contribution in [0.25, 0.3) is 0 Å². The van der Waals surface area contributed by atoms with Crippen molar-refractivity contribution in [3.8, 4) is 11.5 Å². The summed E-state index contributed by atoms with van der Waals surface area (Å²) in [7, 11) is 0. The Bertz CT molecular complexity index is 697. The second-order valence-electron chi connectivity index (χ2n) is 5.49. The van der Waals surface area contributed by atoms with Crippen LogP contribution in [0.1, 0.15) is 5.56 Å². The van der Waals surface area contributed by atoms with Gasteiger partial charge < -0.3 is 14.4 Å². The van der Waals surface area contributed by atoms with E-state index in [0.29, 0.717) is 6.79 Å². The molecule has 1 aromatic carbocycles. The van der Waals surface area contributed by atoms with Crippen LogP contribution < -0.4 is 14.4 Å². The SMILES string of the molecule is C(=N\N1CCN(c2ccccn2)CC1)/c1ccc2c(c1)OCO2. The number of hydrogen-bond acceptors (Lipinski definition) is 6. The molecule has 1 aromatic heterocycles. The summed E-state index contributed by atoms with van der Waals surface area (Å²) in [6.07, 6.45) is 3.71. The molecule has 2 aliphatic rings. The molecular weight excluding hydrogens is 292 g/mol. The zero-order chi connectivity index (χ0) is 15.5. The quantitative estimate of drug-likeness (QED) is 0.811. The van der Waals surface area contributed by atoms with Crippen molar-refractivity contribution in [2.45, 2.75) is 0 Å². The number of nitrogens with zero attached hydrogens (tertiary/aromatic N) is 4. The van der Waals surface area contributed by atoms with Crippen LogP contribution >= 0.6 is 0 Å². The van der Waals surface area contributed by atoms with Crippen LogP contribution in [0.2, 0.25) is 0 Å². The summed E-state index contributed by atoms with van der Waals surface area (Å²) >= 11 is 0. The minimum Gasteiger partial charge on any atom is -0.454 e. The number of hydrazone groups is 1. The van der Waals surface area contributed by atoms with Crippen LogP contribution in [0.3, 0.4) is 0 Å². The normalized spacial score (nSPS) is 17.0. The molecule has 23 heavy (non-hydrogen) atoms.